The molecular weight excluding hydrogens is 410 g/mol. The van der Waals surface area contributed by atoms with Gasteiger partial charge in [-0.25, -0.2) is 0 Å². The van der Waals surface area contributed by atoms with Crippen molar-refractivity contribution in [3.05, 3.63) is 83.6 Å². The lowest BCUT2D eigenvalue weighted by Gasteiger charge is -2.13. The van der Waals surface area contributed by atoms with Crippen LogP contribution < -0.4 is 16.4 Å². The number of benzene rings is 2. The van der Waals surface area contributed by atoms with Gasteiger partial charge in [0, 0.05) is 17.7 Å². The minimum Gasteiger partial charge on any atom is -0.366 e. The fourth-order valence-electron chi connectivity index (χ4n) is 2.99. The molecule has 31 heavy (non-hydrogen) atoms. The van der Waals surface area contributed by atoms with Gasteiger partial charge in [0.1, 0.15) is 17.3 Å². The lowest BCUT2D eigenvalue weighted by molar-refractivity contribution is 0.429. The molecule has 9 heteroatoms. The van der Waals surface area contributed by atoms with Crippen molar-refractivity contribution in [1.82, 2.24) is 15.4 Å². The molecule has 152 valence electrons. The fraction of sp³-hybridized carbons (Fsp3) is 0.0455. The normalized spacial score (nSPS) is 10.3. The Bertz CT molecular complexity index is 1250. The predicted molar refractivity (Wildman–Crippen MR) is 122 cm³/mol. The number of nitrogens with two attached hydrogens (primary N) is 1. The molecule has 0 amide bonds. The van der Waals surface area contributed by atoms with Crippen LogP contribution in [0, 0.1) is 11.3 Å². The average molecular weight is 427 g/mol. The second-order valence-electron chi connectivity index (χ2n) is 6.56. The number of nitrogens with one attached hydrogen (secondary N) is 2. The van der Waals surface area contributed by atoms with Crippen LogP contribution in [-0.4, -0.2) is 20.5 Å². The van der Waals surface area contributed by atoms with E-state index in [1.807, 2.05) is 72.8 Å². The highest BCUT2D eigenvalue weighted by molar-refractivity contribution is 7.80. The van der Waals surface area contributed by atoms with Gasteiger partial charge < -0.3 is 20.9 Å². The molecule has 0 radical (unpaired) electrons. The summed E-state index contributed by atoms with van der Waals surface area (Å²) in [5.74, 6) is 0.531. The van der Waals surface area contributed by atoms with Gasteiger partial charge in [0.05, 0.1) is 5.69 Å². The molecule has 0 saturated carbocycles. The molecular formula is C22H17N7OS. The first-order valence-electron chi connectivity index (χ1n) is 9.33. The Labute approximate surface area is 183 Å². The molecule has 4 rings (SSSR count). The van der Waals surface area contributed by atoms with E-state index in [9.17, 15) is 5.26 Å². The first-order chi connectivity index (χ1) is 15.1. The number of nitrogen functional groups attached to an aromatic ring is 1. The molecule has 0 saturated heterocycles. The van der Waals surface area contributed by atoms with Crippen LogP contribution in [0.2, 0.25) is 0 Å². The molecule has 4 N–H and O–H groups in total. The summed E-state index contributed by atoms with van der Waals surface area (Å²) in [6, 6.07) is 23.1. The van der Waals surface area contributed by atoms with E-state index in [-0.39, 0.29) is 11.4 Å². The Hall–Kier alpha value is -4.29. The molecule has 0 aliphatic rings. The quantitative estimate of drug-likeness (QED) is 0.405. The summed E-state index contributed by atoms with van der Waals surface area (Å²) in [7, 11) is 0. The van der Waals surface area contributed by atoms with Crippen molar-refractivity contribution in [2.75, 3.05) is 16.4 Å². The lowest BCUT2D eigenvalue weighted by atomic mass is 10.1. The lowest BCUT2D eigenvalue weighted by Crippen LogP contribution is -2.21. The summed E-state index contributed by atoms with van der Waals surface area (Å²) in [4.78, 5) is 0. The predicted octanol–water partition coefficient (Wildman–Crippen LogP) is 3.99. The van der Waals surface area contributed by atoms with Crippen molar-refractivity contribution in [2.24, 2.45) is 0 Å². The summed E-state index contributed by atoms with van der Waals surface area (Å²) >= 11 is 5.42. The van der Waals surface area contributed by atoms with Gasteiger partial charge in [-0.05, 0) is 36.0 Å². The van der Waals surface area contributed by atoms with Gasteiger partial charge in [-0.3, -0.25) is 0 Å². The molecule has 0 atom stereocenters. The molecule has 0 aliphatic heterocycles. The number of nitriles is 1. The first kappa shape index (κ1) is 20.0. The molecule has 2 aromatic carbocycles. The molecule has 2 heterocycles. The Balaban J connectivity index is 1.45. The van der Waals surface area contributed by atoms with Crippen molar-refractivity contribution >= 4 is 34.7 Å². The monoisotopic (exact) mass is 427 g/mol. The van der Waals surface area contributed by atoms with E-state index in [0.717, 1.165) is 22.5 Å². The zero-order valence-electron chi connectivity index (χ0n) is 16.2. The van der Waals surface area contributed by atoms with Crippen LogP contribution in [-0.2, 0) is 6.42 Å². The van der Waals surface area contributed by atoms with Crippen LogP contribution in [0.25, 0.3) is 11.3 Å². The van der Waals surface area contributed by atoms with Crippen molar-refractivity contribution in [2.45, 2.75) is 6.42 Å². The second-order valence-corrected chi connectivity index (χ2v) is 6.97. The second kappa shape index (κ2) is 9.02. The van der Waals surface area contributed by atoms with Crippen molar-refractivity contribution < 1.29 is 4.52 Å². The van der Waals surface area contributed by atoms with E-state index in [4.69, 9.17) is 22.5 Å². The molecule has 4 aromatic rings. The third-order valence-corrected chi connectivity index (χ3v) is 4.70. The van der Waals surface area contributed by atoms with Crippen LogP contribution in [0.5, 0.6) is 0 Å². The summed E-state index contributed by atoms with van der Waals surface area (Å²) in [6.07, 6.45) is 0.362. The number of anilines is 3. The Kier molecular flexibility index (Phi) is 5.82. The molecule has 0 fully saturated rings. The molecule has 8 nitrogen and oxygen atoms in total. The molecule has 0 unspecified atom stereocenters. The van der Waals surface area contributed by atoms with Gasteiger partial charge in [0.25, 0.3) is 0 Å². The molecule has 2 aromatic heterocycles. The Morgan fingerprint density at radius 1 is 1.00 bits per heavy atom. The van der Waals surface area contributed by atoms with Crippen molar-refractivity contribution in [3.8, 4) is 17.3 Å². The maximum Gasteiger partial charge on any atom is 0.240 e. The van der Waals surface area contributed by atoms with E-state index in [1.54, 1.807) is 0 Å². The van der Waals surface area contributed by atoms with Crippen LogP contribution in [0.15, 0.2) is 71.3 Å². The number of rotatable bonds is 5. The number of hydrogen-bond acceptors (Lipinski definition) is 7. The van der Waals surface area contributed by atoms with Crippen LogP contribution in [0.4, 0.5) is 17.4 Å². The SMILES string of the molecule is N#Cc1c(Cc2ccccc2NC(=S)Nc2ccc(-c3ccccc3)nn2)noc1N. The van der Waals surface area contributed by atoms with E-state index in [2.05, 4.69) is 26.0 Å². The standard InChI is InChI=1S/C22H17N7OS/c23-13-16-19(29-30-21(16)24)12-15-8-4-5-9-17(15)25-22(31)26-20-11-10-18(27-28-20)14-6-2-1-3-7-14/h1-11H,12,24H2,(H2,25,26,28,31). The highest BCUT2D eigenvalue weighted by Gasteiger charge is 2.15. The zero-order chi connectivity index (χ0) is 21.6. The Morgan fingerprint density at radius 2 is 1.77 bits per heavy atom. The first-order valence-corrected chi connectivity index (χ1v) is 9.74. The largest absolute Gasteiger partial charge is 0.366 e. The number of thiocarbonyl (C=S) groups is 1. The van der Waals surface area contributed by atoms with E-state index in [1.165, 1.54) is 0 Å². The third kappa shape index (κ3) is 4.66. The highest BCUT2D eigenvalue weighted by atomic mass is 32.1. The fourth-order valence-corrected chi connectivity index (χ4v) is 3.20. The Morgan fingerprint density at radius 3 is 2.52 bits per heavy atom. The van der Waals surface area contributed by atoms with E-state index < -0.39 is 0 Å². The van der Waals surface area contributed by atoms with Gasteiger partial charge in [-0.2, -0.15) is 5.26 Å². The number of aromatic nitrogens is 3. The average Bonchev–Trinajstić information content (AvgIpc) is 3.15. The van der Waals surface area contributed by atoms with Gasteiger partial charge in [0.2, 0.25) is 5.88 Å². The number of nitrogens with zero attached hydrogens (tertiary/aromatic N) is 4. The van der Waals surface area contributed by atoms with Gasteiger partial charge >= 0.3 is 0 Å². The minimum absolute atomic E-state index is 0.0117. The number of hydrogen-bond donors (Lipinski definition) is 3. The van der Waals surface area contributed by atoms with E-state index in [0.29, 0.717) is 23.0 Å². The van der Waals surface area contributed by atoms with Crippen LogP contribution >= 0.6 is 12.2 Å². The van der Waals surface area contributed by atoms with Gasteiger partial charge in [0.15, 0.2) is 10.9 Å². The minimum atomic E-state index is 0.0117. The van der Waals surface area contributed by atoms with Gasteiger partial charge in [-0.15, -0.1) is 10.2 Å². The number of para-hydroxylation sites is 1. The summed E-state index contributed by atoms with van der Waals surface area (Å²) in [5.41, 5.74) is 9.76. The smallest absolute Gasteiger partial charge is 0.240 e. The highest BCUT2D eigenvalue weighted by Crippen LogP contribution is 2.23. The summed E-state index contributed by atoms with van der Waals surface area (Å²) in [6.45, 7) is 0. The van der Waals surface area contributed by atoms with Crippen LogP contribution in [0.1, 0.15) is 16.8 Å². The summed E-state index contributed by atoms with van der Waals surface area (Å²) in [5, 5.41) is 28.1. The maximum absolute atomic E-state index is 9.25. The molecule has 0 aliphatic carbocycles. The summed E-state index contributed by atoms with van der Waals surface area (Å²) < 4.78 is 4.93. The molecule has 0 bridgehead atoms. The van der Waals surface area contributed by atoms with Gasteiger partial charge in [-0.1, -0.05) is 53.7 Å². The maximum atomic E-state index is 9.25. The topological polar surface area (TPSA) is 126 Å². The zero-order valence-corrected chi connectivity index (χ0v) is 17.1. The molecule has 0 spiro atoms. The van der Waals surface area contributed by atoms with E-state index >= 15 is 0 Å². The van der Waals surface area contributed by atoms with Crippen molar-refractivity contribution in [3.63, 3.8) is 0 Å². The van der Waals surface area contributed by atoms with Crippen molar-refractivity contribution in [1.29, 1.82) is 5.26 Å². The third-order valence-electron chi connectivity index (χ3n) is 4.50. The van der Waals surface area contributed by atoms with Crippen LogP contribution in [0.3, 0.4) is 0 Å².